The van der Waals surface area contributed by atoms with E-state index in [1.807, 2.05) is 0 Å². The predicted octanol–water partition coefficient (Wildman–Crippen LogP) is -3.92. The first-order valence-corrected chi connectivity index (χ1v) is 13.2. The van der Waals surface area contributed by atoms with E-state index in [0.717, 1.165) is 30.3 Å². The Hall–Kier alpha value is -2.24. The third kappa shape index (κ3) is 7.29. The number of benzene rings is 3. The van der Waals surface area contributed by atoms with Crippen LogP contribution in [0.1, 0.15) is 20.8 Å². The monoisotopic (exact) mass is 588 g/mol. The van der Waals surface area contributed by atoms with Crippen molar-refractivity contribution in [2.75, 3.05) is 16.4 Å². The van der Waals surface area contributed by atoms with Crippen LogP contribution in [0.4, 0.5) is 17.1 Å². The minimum absolute atomic E-state index is 0. The molecule has 4 rings (SSSR count). The van der Waals surface area contributed by atoms with Crippen LogP contribution in [-0.4, -0.2) is 42.3 Å². The standard InChI is InChI=1S/C23H20N4O8S2.2Na/c1-27-12-15(25-22(28)13-4-2-5-14(24)10-13)11-19(27)23(29)26-18-9-8-16-17(21(18)37(33,34)35)6-3-7-20(16)36(30,31)32;;/h2-12H,24H2,1H3,(H,25,28)(H,26,29)(H,30,31,32)(H,33,34,35);;/q;2*+1/p-2. The Morgan fingerprint density at radius 2 is 1.49 bits per heavy atom. The fraction of sp³-hybridized carbons (Fsp3) is 0.0435. The summed E-state index contributed by atoms with van der Waals surface area (Å²) >= 11 is 0. The summed E-state index contributed by atoms with van der Waals surface area (Å²) in [5.74, 6) is -1.31. The van der Waals surface area contributed by atoms with Gasteiger partial charge in [-0.25, -0.2) is 16.8 Å². The number of fused-ring (bicyclic) bond motifs is 1. The van der Waals surface area contributed by atoms with E-state index in [9.17, 15) is 35.5 Å². The maximum Gasteiger partial charge on any atom is 1.00 e. The molecule has 0 bridgehead atoms. The van der Waals surface area contributed by atoms with Gasteiger partial charge in [0.2, 0.25) is 0 Å². The van der Waals surface area contributed by atoms with Gasteiger partial charge in [-0.15, -0.1) is 0 Å². The molecular weight excluding hydrogens is 570 g/mol. The maximum atomic E-state index is 13.0. The average Bonchev–Trinajstić information content (AvgIpc) is 3.16. The van der Waals surface area contributed by atoms with E-state index in [4.69, 9.17) is 5.73 Å². The minimum atomic E-state index is -5.24. The van der Waals surface area contributed by atoms with Crippen molar-refractivity contribution in [3.05, 3.63) is 78.1 Å². The molecule has 0 atom stereocenters. The van der Waals surface area contributed by atoms with Crippen LogP contribution in [0.25, 0.3) is 10.8 Å². The van der Waals surface area contributed by atoms with Crippen LogP contribution in [0.15, 0.2) is 76.7 Å². The molecule has 3 aromatic carbocycles. The number of nitrogen functional groups attached to an aromatic ring is 1. The molecule has 16 heteroatoms. The Bertz CT molecular complexity index is 1810. The van der Waals surface area contributed by atoms with Crippen molar-refractivity contribution >= 4 is 59.9 Å². The zero-order valence-corrected chi connectivity index (χ0v) is 26.6. The number of hydrogen-bond acceptors (Lipinski definition) is 9. The number of nitrogens with zero attached hydrogens (tertiary/aromatic N) is 1. The van der Waals surface area contributed by atoms with Gasteiger partial charge in [0, 0.05) is 35.3 Å². The van der Waals surface area contributed by atoms with Crippen LogP contribution in [0, 0.1) is 0 Å². The third-order valence-electron chi connectivity index (χ3n) is 5.38. The van der Waals surface area contributed by atoms with Crippen LogP contribution in [-0.2, 0) is 27.3 Å². The summed E-state index contributed by atoms with van der Waals surface area (Å²) in [6, 6.07) is 13.0. The van der Waals surface area contributed by atoms with E-state index in [2.05, 4.69) is 10.6 Å². The Kier molecular flexibility index (Phi) is 10.6. The number of aryl methyl sites for hydroxylation is 1. The van der Waals surface area contributed by atoms with E-state index < -0.39 is 47.5 Å². The van der Waals surface area contributed by atoms with Gasteiger partial charge in [0.05, 0.1) is 21.2 Å². The molecule has 1 aromatic heterocycles. The van der Waals surface area contributed by atoms with Crippen molar-refractivity contribution in [3.8, 4) is 0 Å². The number of hydrogen-bond donors (Lipinski definition) is 3. The van der Waals surface area contributed by atoms with E-state index in [-0.39, 0.29) is 86.8 Å². The molecule has 0 saturated heterocycles. The van der Waals surface area contributed by atoms with Gasteiger partial charge in [0.15, 0.2) is 0 Å². The van der Waals surface area contributed by atoms with Crippen LogP contribution < -0.4 is 75.5 Å². The van der Waals surface area contributed by atoms with Gasteiger partial charge in [0.1, 0.15) is 25.9 Å². The van der Waals surface area contributed by atoms with Gasteiger partial charge in [-0.05, 0) is 36.4 Å². The normalized spacial score (nSPS) is 11.3. The molecular formula is C23H18N4Na2O8S2. The molecule has 12 nitrogen and oxygen atoms in total. The van der Waals surface area contributed by atoms with Gasteiger partial charge in [-0.1, -0.05) is 24.3 Å². The fourth-order valence-electron chi connectivity index (χ4n) is 3.82. The molecule has 0 spiro atoms. The van der Waals surface area contributed by atoms with E-state index >= 15 is 0 Å². The van der Waals surface area contributed by atoms with Gasteiger partial charge in [-0.3, -0.25) is 9.59 Å². The summed E-state index contributed by atoms with van der Waals surface area (Å²) < 4.78 is 72.4. The molecule has 0 aliphatic rings. The van der Waals surface area contributed by atoms with Crippen LogP contribution in [0.2, 0.25) is 0 Å². The summed E-state index contributed by atoms with van der Waals surface area (Å²) in [6.45, 7) is 0. The van der Waals surface area contributed by atoms with Crippen LogP contribution >= 0.6 is 0 Å². The average molecular weight is 589 g/mol. The minimum Gasteiger partial charge on any atom is -0.744 e. The van der Waals surface area contributed by atoms with Crippen molar-refractivity contribution in [1.29, 1.82) is 0 Å². The Balaban J connectivity index is 0.00000267. The van der Waals surface area contributed by atoms with Gasteiger partial charge in [-0.2, -0.15) is 0 Å². The van der Waals surface area contributed by atoms with Crippen LogP contribution in [0.3, 0.4) is 0 Å². The largest absolute Gasteiger partial charge is 1.00 e. The first-order chi connectivity index (χ1) is 17.3. The molecule has 39 heavy (non-hydrogen) atoms. The molecule has 4 aromatic rings. The van der Waals surface area contributed by atoms with E-state index in [1.54, 1.807) is 18.2 Å². The number of aromatic nitrogens is 1. The summed E-state index contributed by atoms with van der Waals surface area (Å²) in [5, 5.41) is 4.33. The number of carbonyl (C=O) groups is 2. The summed E-state index contributed by atoms with van der Waals surface area (Å²) in [6.07, 6.45) is 1.44. The molecule has 1 heterocycles. The molecule has 0 aliphatic heterocycles. The molecule has 2 amide bonds. The molecule has 192 valence electrons. The van der Waals surface area contributed by atoms with Gasteiger partial charge < -0.3 is 30.0 Å². The fourth-order valence-corrected chi connectivity index (χ4v) is 5.34. The summed E-state index contributed by atoms with van der Waals surface area (Å²) in [5.41, 5.74) is 6.19. The number of nitrogens with one attached hydrogen (secondary N) is 2. The SMILES string of the molecule is Cn1cc(NC(=O)c2cccc(N)c2)cc1C(=O)Nc1ccc2c(S(=O)(=O)[O-])cccc2c1S(=O)(=O)[O-].[Na+].[Na+]. The zero-order chi connectivity index (χ0) is 27.1. The number of nitrogens with two attached hydrogens (primary N) is 1. The second-order valence-electron chi connectivity index (χ2n) is 7.96. The van der Waals surface area contributed by atoms with E-state index in [1.165, 1.54) is 29.9 Å². The van der Waals surface area contributed by atoms with Crippen molar-refractivity contribution in [1.82, 2.24) is 4.57 Å². The van der Waals surface area contributed by atoms with Crippen molar-refractivity contribution in [3.63, 3.8) is 0 Å². The first kappa shape index (κ1) is 33.0. The molecule has 0 fully saturated rings. The maximum absolute atomic E-state index is 13.0. The van der Waals surface area contributed by atoms with E-state index in [0.29, 0.717) is 5.69 Å². The first-order valence-electron chi connectivity index (χ1n) is 10.4. The molecule has 0 aliphatic carbocycles. The predicted molar refractivity (Wildman–Crippen MR) is 132 cm³/mol. The summed E-state index contributed by atoms with van der Waals surface area (Å²) in [4.78, 5) is 23.9. The third-order valence-corrected chi connectivity index (χ3v) is 7.22. The molecule has 4 N–H and O–H groups in total. The van der Waals surface area contributed by atoms with Crippen LogP contribution in [0.5, 0.6) is 0 Å². The van der Waals surface area contributed by atoms with Crippen molar-refractivity contribution in [2.45, 2.75) is 9.79 Å². The summed E-state index contributed by atoms with van der Waals surface area (Å²) in [7, 11) is -8.72. The number of amides is 2. The van der Waals surface area contributed by atoms with Crippen molar-refractivity contribution in [2.24, 2.45) is 7.05 Å². The zero-order valence-electron chi connectivity index (χ0n) is 21.0. The van der Waals surface area contributed by atoms with Gasteiger partial charge in [0.25, 0.3) is 11.8 Å². The Labute approximate surface area is 268 Å². The van der Waals surface area contributed by atoms with Crippen molar-refractivity contribution < 1.29 is 94.6 Å². The van der Waals surface area contributed by atoms with Gasteiger partial charge >= 0.3 is 59.1 Å². The second-order valence-corrected chi connectivity index (χ2v) is 10.6. The Morgan fingerprint density at radius 3 is 2.10 bits per heavy atom. The number of anilines is 3. The molecule has 0 unspecified atom stereocenters. The molecule has 0 saturated carbocycles. The second kappa shape index (κ2) is 12.5. The Morgan fingerprint density at radius 1 is 0.821 bits per heavy atom. The quantitative estimate of drug-likeness (QED) is 0.114. The molecule has 0 radical (unpaired) electrons. The number of carbonyl (C=O) groups excluding carboxylic acids is 2. The topological polar surface area (TPSA) is 204 Å². The smallest absolute Gasteiger partial charge is 0.744 e. The number of rotatable bonds is 6.